The summed E-state index contributed by atoms with van der Waals surface area (Å²) >= 11 is 0. The molecule has 1 fully saturated rings. The lowest BCUT2D eigenvalue weighted by molar-refractivity contribution is 0.131. The van der Waals surface area contributed by atoms with E-state index in [4.69, 9.17) is 4.74 Å². The van der Waals surface area contributed by atoms with Gasteiger partial charge in [0.1, 0.15) is 5.75 Å². The van der Waals surface area contributed by atoms with E-state index in [9.17, 15) is 0 Å². The smallest absolute Gasteiger partial charge is 0.119 e. The van der Waals surface area contributed by atoms with E-state index in [1.807, 2.05) is 7.05 Å². The summed E-state index contributed by atoms with van der Waals surface area (Å²) in [4.78, 5) is 0. The first kappa shape index (κ1) is 12.4. The quantitative estimate of drug-likeness (QED) is 0.862. The average Bonchev–Trinajstić information content (AvgIpc) is 2.32. The van der Waals surface area contributed by atoms with E-state index in [-0.39, 0.29) is 0 Å². The lowest BCUT2D eigenvalue weighted by Gasteiger charge is -2.28. The van der Waals surface area contributed by atoms with Gasteiger partial charge in [-0.15, -0.1) is 0 Å². The summed E-state index contributed by atoms with van der Waals surface area (Å²) in [6.45, 7) is 3.26. The highest BCUT2D eigenvalue weighted by atomic mass is 16.5. The van der Waals surface area contributed by atoms with Crippen LogP contribution in [0.15, 0.2) is 24.3 Å². The van der Waals surface area contributed by atoms with Crippen molar-refractivity contribution in [3.63, 3.8) is 0 Å². The number of hydrogen-bond donors (Lipinski definition) is 1. The third kappa shape index (κ3) is 3.74. The summed E-state index contributed by atoms with van der Waals surface area (Å²) in [5.74, 6) is 1.87. The van der Waals surface area contributed by atoms with E-state index in [2.05, 4.69) is 36.5 Å². The number of ether oxygens (including phenoxy) is 1. The molecule has 0 radical (unpaired) electrons. The van der Waals surface area contributed by atoms with Crippen molar-refractivity contribution < 1.29 is 4.74 Å². The first-order chi connectivity index (χ1) is 8.28. The molecule has 2 rings (SSSR count). The Hall–Kier alpha value is -1.02. The van der Waals surface area contributed by atoms with Crippen LogP contribution in [0, 0.1) is 12.8 Å². The van der Waals surface area contributed by atoms with Crippen LogP contribution in [0.2, 0.25) is 0 Å². The molecule has 1 aromatic carbocycles. The van der Waals surface area contributed by atoms with Gasteiger partial charge in [0, 0.05) is 0 Å². The third-order valence-electron chi connectivity index (χ3n) is 3.58. The summed E-state index contributed by atoms with van der Waals surface area (Å²) < 4.78 is 6.04. The lowest BCUT2D eigenvalue weighted by atomic mass is 9.87. The molecule has 1 N–H and O–H groups in total. The molecular weight excluding hydrogens is 210 g/mol. The van der Waals surface area contributed by atoms with Gasteiger partial charge in [0.05, 0.1) is 6.10 Å². The van der Waals surface area contributed by atoms with Crippen LogP contribution in [0.3, 0.4) is 0 Å². The highest BCUT2D eigenvalue weighted by Gasteiger charge is 2.21. The molecule has 0 saturated heterocycles. The first-order valence-electron chi connectivity index (χ1n) is 6.66. The minimum absolute atomic E-state index is 0.421. The van der Waals surface area contributed by atoms with Gasteiger partial charge in [0.25, 0.3) is 0 Å². The summed E-state index contributed by atoms with van der Waals surface area (Å²) in [6.07, 6.45) is 5.39. The Morgan fingerprint density at radius 3 is 2.65 bits per heavy atom. The Bertz CT molecular complexity index is 343. The molecule has 0 bridgehead atoms. The van der Waals surface area contributed by atoms with E-state index in [1.54, 1.807) is 0 Å². The van der Waals surface area contributed by atoms with Gasteiger partial charge in [-0.05, 0) is 69.8 Å². The molecule has 0 unspecified atom stereocenters. The summed E-state index contributed by atoms with van der Waals surface area (Å²) in [6, 6.07) is 8.36. The fourth-order valence-electron chi connectivity index (χ4n) is 2.62. The normalized spacial score (nSPS) is 24.6. The predicted molar refractivity (Wildman–Crippen MR) is 71.5 cm³/mol. The van der Waals surface area contributed by atoms with Gasteiger partial charge in [-0.1, -0.05) is 12.1 Å². The number of benzene rings is 1. The molecule has 17 heavy (non-hydrogen) atoms. The minimum Gasteiger partial charge on any atom is -0.490 e. The fraction of sp³-hybridized carbons (Fsp3) is 0.600. The number of nitrogens with one attached hydrogen (secondary N) is 1. The first-order valence-corrected chi connectivity index (χ1v) is 6.66. The Kier molecular flexibility index (Phi) is 4.43. The van der Waals surface area contributed by atoms with Gasteiger partial charge in [0.15, 0.2) is 0 Å². The van der Waals surface area contributed by atoms with Crippen molar-refractivity contribution in [2.75, 3.05) is 13.6 Å². The topological polar surface area (TPSA) is 21.3 Å². The number of hydrogen-bond acceptors (Lipinski definition) is 2. The van der Waals surface area contributed by atoms with E-state index in [0.717, 1.165) is 18.2 Å². The molecule has 2 heteroatoms. The second-order valence-electron chi connectivity index (χ2n) is 5.13. The van der Waals surface area contributed by atoms with Crippen LogP contribution in [0.1, 0.15) is 31.2 Å². The van der Waals surface area contributed by atoms with Crippen LogP contribution in [0.25, 0.3) is 0 Å². The van der Waals surface area contributed by atoms with E-state index < -0.39 is 0 Å². The van der Waals surface area contributed by atoms with Gasteiger partial charge in [-0.25, -0.2) is 0 Å². The predicted octanol–water partition coefficient (Wildman–Crippen LogP) is 3.15. The van der Waals surface area contributed by atoms with Gasteiger partial charge < -0.3 is 10.1 Å². The van der Waals surface area contributed by atoms with Crippen LogP contribution in [-0.2, 0) is 0 Å². The van der Waals surface area contributed by atoms with Crippen molar-refractivity contribution in [1.29, 1.82) is 0 Å². The van der Waals surface area contributed by atoms with Gasteiger partial charge in [-0.2, -0.15) is 0 Å². The lowest BCUT2D eigenvalue weighted by Crippen LogP contribution is -2.28. The zero-order valence-electron chi connectivity index (χ0n) is 10.9. The van der Waals surface area contributed by atoms with Crippen LogP contribution in [0.4, 0.5) is 0 Å². The third-order valence-corrected chi connectivity index (χ3v) is 3.58. The molecule has 0 atom stereocenters. The second-order valence-corrected chi connectivity index (χ2v) is 5.13. The maximum atomic E-state index is 6.04. The summed E-state index contributed by atoms with van der Waals surface area (Å²) in [5, 5.41) is 3.27. The molecule has 1 aliphatic carbocycles. The maximum absolute atomic E-state index is 6.04. The molecule has 1 aliphatic rings. The standard InChI is InChI=1S/C15H23NO/c1-12-4-3-5-15(10-12)17-14-8-6-13(7-9-14)11-16-2/h3-5,10,13-14,16H,6-9,11H2,1-2H3. The summed E-state index contributed by atoms with van der Waals surface area (Å²) in [7, 11) is 2.04. The van der Waals surface area contributed by atoms with Gasteiger partial charge in [0.2, 0.25) is 0 Å². The molecule has 0 amide bonds. The van der Waals surface area contributed by atoms with Crippen LogP contribution in [-0.4, -0.2) is 19.7 Å². The minimum atomic E-state index is 0.421. The molecule has 2 nitrogen and oxygen atoms in total. The number of aryl methyl sites for hydroxylation is 1. The monoisotopic (exact) mass is 233 g/mol. The van der Waals surface area contributed by atoms with Crippen LogP contribution in [0.5, 0.6) is 5.75 Å². The van der Waals surface area contributed by atoms with Gasteiger partial charge >= 0.3 is 0 Å². The highest BCUT2D eigenvalue weighted by molar-refractivity contribution is 5.27. The Labute approximate surface area is 104 Å². The zero-order chi connectivity index (χ0) is 12.1. The van der Waals surface area contributed by atoms with Crippen LogP contribution >= 0.6 is 0 Å². The Balaban J connectivity index is 1.82. The average molecular weight is 233 g/mol. The Morgan fingerprint density at radius 2 is 2.00 bits per heavy atom. The van der Waals surface area contributed by atoms with Crippen molar-refractivity contribution in [2.24, 2.45) is 5.92 Å². The van der Waals surface area contributed by atoms with Crippen molar-refractivity contribution in [3.05, 3.63) is 29.8 Å². The Morgan fingerprint density at radius 1 is 1.24 bits per heavy atom. The zero-order valence-corrected chi connectivity index (χ0v) is 10.9. The number of rotatable bonds is 4. The second kappa shape index (κ2) is 6.06. The molecular formula is C15H23NO. The van der Waals surface area contributed by atoms with Crippen molar-refractivity contribution >= 4 is 0 Å². The molecule has 1 saturated carbocycles. The maximum Gasteiger partial charge on any atom is 0.119 e. The van der Waals surface area contributed by atoms with E-state index in [0.29, 0.717) is 6.10 Å². The van der Waals surface area contributed by atoms with Crippen LogP contribution < -0.4 is 10.1 Å². The van der Waals surface area contributed by atoms with Crippen molar-refractivity contribution in [3.8, 4) is 5.75 Å². The molecule has 0 heterocycles. The van der Waals surface area contributed by atoms with Crippen molar-refractivity contribution in [1.82, 2.24) is 5.32 Å². The van der Waals surface area contributed by atoms with E-state index >= 15 is 0 Å². The summed E-state index contributed by atoms with van der Waals surface area (Å²) in [5.41, 5.74) is 1.27. The van der Waals surface area contributed by atoms with Crippen molar-refractivity contribution in [2.45, 2.75) is 38.7 Å². The molecule has 1 aromatic rings. The molecule has 0 aliphatic heterocycles. The SMILES string of the molecule is CNCC1CCC(Oc2cccc(C)c2)CC1. The highest BCUT2D eigenvalue weighted by Crippen LogP contribution is 2.27. The van der Waals surface area contributed by atoms with Gasteiger partial charge in [-0.3, -0.25) is 0 Å². The largest absolute Gasteiger partial charge is 0.490 e. The fourth-order valence-corrected chi connectivity index (χ4v) is 2.62. The van der Waals surface area contributed by atoms with E-state index in [1.165, 1.54) is 31.2 Å². The molecule has 94 valence electrons. The molecule has 0 spiro atoms. The molecule has 0 aromatic heterocycles.